The highest BCUT2D eigenvalue weighted by molar-refractivity contribution is 6.08. The van der Waals surface area contributed by atoms with Crippen LogP contribution in [0.25, 0.3) is 33.3 Å². The Balaban J connectivity index is 1.26. The van der Waals surface area contributed by atoms with Crippen molar-refractivity contribution in [1.29, 1.82) is 0 Å². The molecule has 4 aromatic rings. The lowest BCUT2D eigenvalue weighted by molar-refractivity contribution is -0.162. The van der Waals surface area contributed by atoms with Crippen LogP contribution in [0.15, 0.2) is 66.9 Å². The zero-order valence-corrected chi connectivity index (χ0v) is 28.2. The number of methoxy groups -OCH3 is 1. The minimum absolute atomic E-state index is 0.0411. The Morgan fingerprint density at radius 3 is 2.27 bits per heavy atom. The summed E-state index contributed by atoms with van der Waals surface area (Å²) in [6, 6.07) is 18.7. The minimum atomic E-state index is -0.813. The van der Waals surface area contributed by atoms with Crippen LogP contribution in [0.2, 0.25) is 0 Å². The molecule has 2 aromatic carbocycles. The molecule has 2 amide bonds. The van der Waals surface area contributed by atoms with Crippen molar-refractivity contribution in [2.45, 2.75) is 64.8 Å². The first-order valence-corrected chi connectivity index (χ1v) is 16.3. The number of esters is 1. The van der Waals surface area contributed by atoms with E-state index in [1.807, 2.05) is 48.5 Å². The van der Waals surface area contributed by atoms with Gasteiger partial charge in [0, 0.05) is 30.4 Å². The number of benzene rings is 2. The summed E-state index contributed by atoms with van der Waals surface area (Å²) < 4.78 is 27.3. The fraction of sp³-hybridized carbons (Fsp3) is 0.378. The maximum absolute atomic E-state index is 13.3. The Morgan fingerprint density at radius 2 is 1.59 bits per heavy atom. The number of hydrazine groups is 1. The predicted molar refractivity (Wildman–Crippen MR) is 183 cm³/mol. The van der Waals surface area contributed by atoms with E-state index in [9.17, 15) is 14.4 Å². The highest BCUT2D eigenvalue weighted by Gasteiger charge is 2.20. The Labute approximate surface area is 285 Å². The second-order valence-electron chi connectivity index (χ2n) is 12.5. The summed E-state index contributed by atoms with van der Waals surface area (Å²) in [6.45, 7) is 7.20. The summed E-state index contributed by atoms with van der Waals surface area (Å²) in [5.41, 5.74) is 7.67. The molecule has 1 atom stereocenters. The maximum Gasteiger partial charge on any atom is 0.426 e. The zero-order chi connectivity index (χ0) is 34.8. The van der Waals surface area contributed by atoms with Gasteiger partial charge in [-0.25, -0.2) is 25.0 Å². The third kappa shape index (κ3) is 9.97. The molecule has 3 heterocycles. The van der Waals surface area contributed by atoms with Gasteiger partial charge in [0.25, 0.3) is 5.91 Å². The van der Waals surface area contributed by atoms with E-state index in [2.05, 4.69) is 15.8 Å². The monoisotopic (exact) mass is 670 g/mol. The van der Waals surface area contributed by atoms with Crippen molar-refractivity contribution in [2.75, 3.05) is 26.9 Å². The predicted octanol–water partition coefficient (Wildman–Crippen LogP) is 6.62. The number of carbonyl (C=O) groups excluding carboxylic acids is 3. The van der Waals surface area contributed by atoms with Crippen molar-refractivity contribution < 1.29 is 38.1 Å². The van der Waals surface area contributed by atoms with Crippen molar-refractivity contribution in [1.82, 2.24) is 20.8 Å². The van der Waals surface area contributed by atoms with Gasteiger partial charge in [-0.1, -0.05) is 36.4 Å². The van der Waals surface area contributed by atoms with Crippen LogP contribution < -0.4 is 15.6 Å². The molecule has 0 saturated carbocycles. The van der Waals surface area contributed by atoms with Gasteiger partial charge in [0.15, 0.2) is 12.0 Å². The first-order valence-electron chi connectivity index (χ1n) is 16.3. The van der Waals surface area contributed by atoms with Gasteiger partial charge < -0.3 is 23.7 Å². The number of nitrogens with one attached hydrogen (secondary N) is 2. The minimum Gasteiger partial charge on any atom is -0.494 e. The Bertz CT molecular complexity index is 1750. The SMILES string of the molecule is COC(=O)c1cc2nc(-c3ccc(-c4ccc(OCCCCOC5CCCCO5)cc4)cc3)cc(C(=O)NNC(=O)OC(C)(C)C)c2cn1. The zero-order valence-electron chi connectivity index (χ0n) is 28.2. The molecule has 0 bridgehead atoms. The summed E-state index contributed by atoms with van der Waals surface area (Å²) in [7, 11) is 1.26. The van der Waals surface area contributed by atoms with Crippen LogP contribution in [-0.4, -0.2) is 66.8 Å². The lowest BCUT2D eigenvalue weighted by atomic mass is 10.0. The van der Waals surface area contributed by atoms with Crippen molar-refractivity contribution in [3.8, 4) is 28.1 Å². The van der Waals surface area contributed by atoms with Crippen LogP contribution in [0.5, 0.6) is 5.75 Å². The third-order valence-corrected chi connectivity index (χ3v) is 7.63. The molecular formula is C37H42N4O8. The average molecular weight is 671 g/mol. The first kappa shape index (κ1) is 35.2. The van der Waals surface area contributed by atoms with Gasteiger partial charge in [0.2, 0.25) is 0 Å². The molecule has 258 valence electrons. The highest BCUT2D eigenvalue weighted by atomic mass is 16.7. The number of nitrogens with zero attached hydrogens (tertiary/aromatic N) is 2. The van der Waals surface area contributed by atoms with E-state index < -0.39 is 23.6 Å². The highest BCUT2D eigenvalue weighted by Crippen LogP contribution is 2.29. The van der Waals surface area contributed by atoms with Crippen molar-refractivity contribution >= 4 is 28.9 Å². The molecule has 1 saturated heterocycles. The lowest BCUT2D eigenvalue weighted by Crippen LogP contribution is -2.44. The van der Waals surface area contributed by atoms with E-state index in [4.69, 9.17) is 28.7 Å². The summed E-state index contributed by atoms with van der Waals surface area (Å²) in [6.07, 6.45) is 5.55. The molecule has 1 fully saturated rings. The van der Waals surface area contributed by atoms with Crippen LogP contribution in [0.4, 0.5) is 4.79 Å². The van der Waals surface area contributed by atoms with Crippen LogP contribution >= 0.6 is 0 Å². The molecule has 1 unspecified atom stereocenters. The Morgan fingerprint density at radius 1 is 0.898 bits per heavy atom. The second-order valence-corrected chi connectivity index (χ2v) is 12.5. The number of hydrogen-bond acceptors (Lipinski definition) is 10. The van der Waals surface area contributed by atoms with Gasteiger partial charge in [-0.2, -0.15) is 0 Å². The summed E-state index contributed by atoms with van der Waals surface area (Å²) in [4.78, 5) is 46.5. The van der Waals surface area contributed by atoms with Gasteiger partial charge in [0.1, 0.15) is 11.4 Å². The number of amides is 2. The number of fused-ring (bicyclic) bond motifs is 1. The quantitative estimate of drug-likeness (QED) is 0.101. The fourth-order valence-electron chi connectivity index (χ4n) is 5.18. The number of carbonyl (C=O) groups is 3. The number of rotatable bonds is 11. The van der Waals surface area contributed by atoms with Crippen molar-refractivity contribution in [2.24, 2.45) is 0 Å². The van der Waals surface area contributed by atoms with E-state index in [0.717, 1.165) is 61.2 Å². The molecule has 0 radical (unpaired) electrons. The van der Waals surface area contributed by atoms with Crippen LogP contribution in [0, 0.1) is 0 Å². The Kier molecular flexibility index (Phi) is 11.8. The molecule has 12 nitrogen and oxygen atoms in total. The summed E-state index contributed by atoms with van der Waals surface area (Å²) in [5, 5.41) is 0.376. The van der Waals surface area contributed by atoms with Gasteiger partial charge in [0.05, 0.1) is 30.5 Å². The molecule has 2 aromatic heterocycles. The van der Waals surface area contributed by atoms with Gasteiger partial charge in [-0.15, -0.1) is 0 Å². The van der Waals surface area contributed by atoms with E-state index in [-0.39, 0.29) is 17.5 Å². The van der Waals surface area contributed by atoms with Crippen LogP contribution in [0.3, 0.4) is 0 Å². The largest absolute Gasteiger partial charge is 0.494 e. The van der Waals surface area contributed by atoms with E-state index in [1.54, 1.807) is 26.8 Å². The first-order chi connectivity index (χ1) is 23.6. The molecule has 12 heteroatoms. The normalized spacial score (nSPS) is 14.6. The standard InChI is InChI=1S/C37H42N4O8/c1-37(2,3)49-36(44)41-40-34(42)28-21-30(39-31-22-32(35(43)45-4)38-23-29(28)31)26-12-10-24(11-13-26)25-14-16-27(17-15-25)46-18-7-8-20-48-33-9-5-6-19-47-33/h10-17,21-23,33H,5-9,18-20H2,1-4H3,(H,40,42)(H,41,44). The topological polar surface area (TPSA) is 147 Å². The van der Waals surface area contributed by atoms with Gasteiger partial charge >= 0.3 is 12.1 Å². The van der Waals surface area contributed by atoms with E-state index in [0.29, 0.717) is 29.8 Å². The number of hydrogen-bond donors (Lipinski definition) is 2. The van der Waals surface area contributed by atoms with Gasteiger partial charge in [-0.05, 0) is 88.3 Å². The molecular weight excluding hydrogens is 628 g/mol. The van der Waals surface area contributed by atoms with Crippen LogP contribution in [0.1, 0.15) is 73.7 Å². The molecule has 5 rings (SSSR count). The molecule has 1 aliphatic heterocycles. The molecule has 2 N–H and O–H groups in total. The third-order valence-electron chi connectivity index (χ3n) is 7.63. The number of pyridine rings is 2. The number of unbranched alkanes of at least 4 members (excludes halogenated alkanes) is 1. The van der Waals surface area contributed by atoms with E-state index >= 15 is 0 Å². The fourth-order valence-corrected chi connectivity index (χ4v) is 5.18. The number of ether oxygens (including phenoxy) is 5. The maximum atomic E-state index is 13.3. The molecule has 49 heavy (non-hydrogen) atoms. The van der Waals surface area contributed by atoms with Gasteiger partial charge in [-0.3, -0.25) is 10.2 Å². The number of aromatic nitrogens is 2. The summed E-state index contributed by atoms with van der Waals surface area (Å²) >= 11 is 0. The lowest BCUT2D eigenvalue weighted by Gasteiger charge is -2.22. The van der Waals surface area contributed by atoms with E-state index in [1.165, 1.54) is 19.4 Å². The molecule has 0 aliphatic carbocycles. The summed E-state index contributed by atoms with van der Waals surface area (Å²) in [5.74, 6) is -0.457. The molecule has 1 aliphatic rings. The molecule has 0 spiro atoms. The van der Waals surface area contributed by atoms with Crippen LogP contribution in [-0.2, 0) is 18.9 Å². The average Bonchev–Trinajstić information content (AvgIpc) is 3.11. The van der Waals surface area contributed by atoms with Crippen molar-refractivity contribution in [3.63, 3.8) is 0 Å². The second kappa shape index (κ2) is 16.4. The Hall–Kier alpha value is -5.07. The smallest absolute Gasteiger partial charge is 0.426 e. The van der Waals surface area contributed by atoms with Crippen molar-refractivity contribution in [3.05, 3.63) is 78.1 Å².